The molecule has 0 aliphatic heterocycles. The van der Waals surface area contributed by atoms with Crippen LogP contribution in [0, 0.1) is 0 Å². The topological polar surface area (TPSA) is 39.3 Å². The van der Waals surface area contributed by atoms with E-state index in [1.54, 1.807) is 5.79 Å². The van der Waals surface area contributed by atoms with Crippen molar-refractivity contribution in [1.29, 1.82) is 0 Å². The zero-order chi connectivity index (χ0) is 22.6. The van der Waals surface area contributed by atoms with Gasteiger partial charge in [-0.2, -0.15) is 0 Å². The van der Waals surface area contributed by atoms with Crippen LogP contribution in [0.1, 0.15) is 20.8 Å². The van der Waals surface area contributed by atoms with Gasteiger partial charge in [-0.15, -0.1) is 5.23 Å². The minimum absolute atomic E-state index is 0.563. The average Bonchev–Trinajstić information content (AvgIpc) is 2.42. The maximum Gasteiger partial charge on any atom is 0.0455 e. The monoisotopic (exact) mass is 631 g/mol. The molecule has 0 bridgehead atoms. The van der Waals surface area contributed by atoms with Crippen molar-refractivity contribution < 1.29 is 19.8 Å². The number of rotatable bonds is 12. The molecule has 0 spiro atoms. The van der Waals surface area contributed by atoms with E-state index in [0.29, 0.717) is 5.16 Å². The number of nitrogens with zero attached hydrogens (tertiary/aromatic N) is 1. The van der Waals surface area contributed by atoms with Gasteiger partial charge in [0.25, 0.3) is 0 Å². The zero-order valence-electron chi connectivity index (χ0n) is 21.1. The van der Waals surface area contributed by atoms with Crippen LogP contribution in [0.15, 0.2) is 0 Å². The molecule has 0 heterocycles. The Balaban J connectivity index is 0. The van der Waals surface area contributed by atoms with E-state index >= 15 is 0 Å². The molecule has 0 amide bonds. The van der Waals surface area contributed by atoms with Crippen LogP contribution in [0.3, 0.4) is 0 Å². The van der Waals surface area contributed by atoms with Gasteiger partial charge < -0.3 is 0 Å². The van der Waals surface area contributed by atoms with Gasteiger partial charge in [0.05, 0.1) is 0 Å². The SMILES string of the molecule is CC(C)(C)[P+]#[Ta].C[Si](C)(C)CCNN(NCC[Si](C)(C)C)NCC[Si](C)(C)C. The smallest absolute Gasteiger partial charge is 0.0455 e. The molecule has 0 fully saturated rings. The van der Waals surface area contributed by atoms with Crippen molar-refractivity contribution in [1.82, 2.24) is 21.5 Å². The minimum Gasteiger partial charge on any atom is -0.227 e. The fourth-order valence-electron chi connectivity index (χ4n) is 1.80. The molecule has 168 valence electrons. The fourth-order valence-corrected chi connectivity index (χ4v) is 4.38. The van der Waals surface area contributed by atoms with E-state index < -0.39 is 24.2 Å². The van der Waals surface area contributed by atoms with Crippen LogP contribution in [-0.2, 0) is 19.8 Å². The molecule has 9 heteroatoms. The summed E-state index contributed by atoms with van der Waals surface area (Å²) in [7, 11) is -2.93. The zero-order valence-corrected chi connectivity index (χ0v) is 28.2. The largest absolute Gasteiger partial charge is 0.227 e. The van der Waals surface area contributed by atoms with Gasteiger partial charge in [0.15, 0.2) is 0 Å². The van der Waals surface area contributed by atoms with E-state index in [-0.39, 0.29) is 0 Å². The first kappa shape index (κ1) is 31.8. The van der Waals surface area contributed by atoms with Gasteiger partial charge in [-0.1, -0.05) is 58.9 Å². The first-order valence-corrected chi connectivity index (χ1v) is 27.0. The van der Waals surface area contributed by atoms with Gasteiger partial charge in [-0.25, -0.2) is 16.3 Å². The molecule has 0 radical (unpaired) electrons. The second kappa shape index (κ2) is 14.7. The minimum atomic E-state index is -0.977. The van der Waals surface area contributed by atoms with Crippen molar-refractivity contribution in [2.75, 3.05) is 19.6 Å². The standard InChI is InChI=1S/C15H42N4Si3.C4H9P.Ta/c1-20(2,3)13-10-16-19(17-11-14-21(4,5)6)18-12-15-22(7,8)9;1-4(2,3)5;/h16-18H,10-15H2,1-9H3;1-3H3;/q;+1;. The van der Waals surface area contributed by atoms with Crippen LogP contribution >= 0.6 is 5.79 Å². The predicted molar refractivity (Wildman–Crippen MR) is 137 cm³/mol. The molecule has 0 aliphatic carbocycles. The summed E-state index contributed by atoms with van der Waals surface area (Å²) in [6.45, 7) is 31.8. The third kappa shape index (κ3) is 29.9. The third-order valence-electron chi connectivity index (χ3n) is 3.73. The summed E-state index contributed by atoms with van der Waals surface area (Å²) in [5, 5.41) is 2.61. The second-order valence-corrected chi connectivity index (χ2v) is 32.8. The Morgan fingerprint density at radius 2 is 0.857 bits per heavy atom. The first-order chi connectivity index (χ1) is 12.3. The van der Waals surface area contributed by atoms with Crippen LogP contribution in [0.25, 0.3) is 0 Å². The molecule has 0 saturated carbocycles. The molecule has 0 aromatic rings. The quantitative estimate of drug-likeness (QED) is 0.140. The summed E-state index contributed by atoms with van der Waals surface area (Å²) in [6.07, 6.45) is 0. The van der Waals surface area contributed by atoms with E-state index in [2.05, 4.69) is 96.0 Å². The maximum absolute atomic E-state index is 3.53. The van der Waals surface area contributed by atoms with E-state index in [1.807, 2.05) is 5.23 Å². The van der Waals surface area contributed by atoms with Crippen molar-refractivity contribution >= 4 is 30.0 Å². The molecule has 0 aromatic heterocycles. The van der Waals surface area contributed by atoms with Crippen molar-refractivity contribution in [2.45, 2.75) is 103 Å². The molecule has 0 aromatic carbocycles. The average molecular weight is 632 g/mol. The number of hydrogen-bond donors (Lipinski definition) is 3. The summed E-state index contributed by atoms with van der Waals surface area (Å²) < 4.78 is 0. The maximum atomic E-state index is 3.53. The van der Waals surface area contributed by atoms with Crippen molar-refractivity contribution in [2.24, 2.45) is 0 Å². The Labute approximate surface area is 193 Å². The molecule has 0 saturated heterocycles. The van der Waals surface area contributed by atoms with Gasteiger partial charge in [0.2, 0.25) is 0 Å². The first-order valence-electron chi connectivity index (χ1n) is 10.7. The van der Waals surface area contributed by atoms with Crippen molar-refractivity contribution in [3.05, 3.63) is 0 Å². The summed E-state index contributed by atoms with van der Waals surface area (Å²) in [6, 6.07) is 3.90. The molecule has 0 rings (SSSR count). The fraction of sp³-hybridized carbons (Fsp3) is 1.00. The number of nitrogens with one attached hydrogen (secondary N) is 3. The third-order valence-corrected chi connectivity index (χ3v) is 16.1. The summed E-state index contributed by atoms with van der Waals surface area (Å²) in [5.74, 6) is 1.59. The molecule has 0 atom stereocenters. The van der Waals surface area contributed by atoms with Gasteiger partial charge >= 0.3 is 51.5 Å². The summed E-state index contributed by atoms with van der Waals surface area (Å²) in [5.41, 5.74) is 10.6. The van der Waals surface area contributed by atoms with Crippen LogP contribution in [-0.4, -0.2) is 54.2 Å². The molecular weight excluding hydrogens is 580 g/mol. The molecule has 4 nitrogen and oxygen atoms in total. The van der Waals surface area contributed by atoms with Crippen LogP contribution in [0.4, 0.5) is 0 Å². The van der Waals surface area contributed by atoms with E-state index in [1.165, 1.54) is 37.9 Å². The Bertz CT molecular complexity index is 399. The van der Waals surface area contributed by atoms with Crippen molar-refractivity contribution in [3.63, 3.8) is 0 Å². The van der Waals surface area contributed by atoms with Crippen LogP contribution in [0.5, 0.6) is 0 Å². The van der Waals surface area contributed by atoms with Crippen LogP contribution in [0.2, 0.25) is 77.1 Å². The number of hydrogen-bond acceptors (Lipinski definition) is 4. The molecule has 0 unspecified atom stereocenters. The number of hydrazine groups is 3. The predicted octanol–water partition coefficient (Wildman–Crippen LogP) is 6.01. The van der Waals surface area contributed by atoms with E-state index in [4.69, 9.17) is 0 Å². The van der Waals surface area contributed by atoms with Gasteiger partial charge in [0.1, 0.15) is 0 Å². The molecule has 28 heavy (non-hydrogen) atoms. The molecule has 0 aliphatic rings. The van der Waals surface area contributed by atoms with Gasteiger partial charge in [-0.3, -0.25) is 0 Å². The van der Waals surface area contributed by atoms with Gasteiger partial charge in [0, 0.05) is 43.9 Å². The van der Waals surface area contributed by atoms with Crippen molar-refractivity contribution in [3.8, 4) is 0 Å². The van der Waals surface area contributed by atoms with Crippen LogP contribution < -0.4 is 16.3 Å². The Morgan fingerprint density at radius 1 is 0.643 bits per heavy atom. The molecule has 3 N–H and O–H groups in total. The van der Waals surface area contributed by atoms with E-state index in [9.17, 15) is 0 Å². The Hall–Kier alpha value is 1.66. The Kier molecular flexibility index (Phi) is 16.7. The summed E-state index contributed by atoms with van der Waals surface area (Å²) in [4.78, 5) is 0. The van der Waals surface area contributed by atoms with Gasteiger partial charge in [-0.05, 0) is 18.1 Å². The van der Waals surface area contributed by atoms with E-state index in [0.717, 1.165) is 19.6 Å². The molecular formula is C19H51N4PSi3Ta+. The second-order valence-electron chi connectivity index (χ2n) is 12.3. The normalized spacial score (nSPS) is 13.3. The Morgan fingerprint density at radius 3 is 1.00 bits per heavy atom. The summed E-state index contributed by atoms with van der Waals surface area (Å²) >= 11 is 1.49.